The SMILES string of the molecule is Cc1ccc(O)c(C(=O)NC2CCN(CC3(O)CCCCC3)CC2)c1. The summed E-state index contributed by atoms with van der Waals surface area (Å²) < 4.78 is 0. The van der Waals surface area contributed by atoms with Crippen LogP contribution in [0.1, 0.15) is 60.9 Å². The predicted octanol–water partition coefficient (Wildman–Crippen LogP) is 2.59. The Hall–Kier alpha value is -1.59. The number of phenolic OH excluding ortho intramolecular Hbond substituents is 1. The second-order valence-corrected chi connectivity index (χ2v) is 7.83. The van der Waals surface area contributed by atoms with Gasteiger partial charge in [-0.2, -0.15) is 0 Å². The summed E-state index contributed by atoms with van der Waals surface area (Å²) in [6, 6.07) is 5.21. The Bertz CT molecular complexity index is 603. The summed E-state index contributed by atoms with van der Waals surface area (Å²) in [4.78, 5) is 14.7. The fourth-order valence-corrected chi connectivity index (χ4v) is 4.11. The van der Waals surface area contributed by atoms with E-state index in [1.165, 1.54) is 6.42 Å². The highest BCUT2D eigenvalue weighted by Gasteiger charge is 2.33. The summed E-state index contributed by atoms with van der Waals surface area (Å²) in [7, 11) is 0. The Morgan fingerprint density at radius 2 is 1.92 bits per heavy atom. The van der Waals surface area contributed by atoms with E-state index < -0.39 is 5.60 Å². The third-order valence-electron chi connectivity index (χ3n) is 5.62. The van der Waals surface area contributed by atoms with Gasteiger partial charge in [0, 0.05) is 25.7 Å². The Morgan fingerprint density at radius 3 is 2.60 bits per heavy atom. The number of phenols is 1. The van der Waals surface area contributed by atoms with Crippen LogP contribution in [0.3, 0.4) is 0 Å². The summed E-state index contributed by atoms with van der Waals surface area (Å²) in [6.45, 7) is 4.46. The van der Waals surface area contributed by atoms with Crippen LogP contribution in [0.15, 0.2) is 18.2 Å². The maximum atomic E-state index is 12.4. The molecule has 25 heavy (non-hydrogen) atoms. The fraction of sp³-hybridized carbons (Fsp3) is 0.650. The first-order chi connectivity index (χ1) is 12.0. The quantitative estimate of drug-likeness (QED) is 0.783. The van der Waals surface area contributed by atoms with Gasteiger partial charge < -0.3 is 20.4 Å². The van der Waals surface area contributed by atoms with Crippen molar-refractivity contribution in [3.8, 4) is 5.75 Å². The molecule has 2 fully saturated rings. The molecule has 5 nitrogen and oxygen atoms in total. The molecule has 1 aromatic carbocycles. The van der Waals surface area contributed by atoms with E-state index >= 15 is 0 Å². The number of hydrogen-bond donors (Lipinski definition) is 3. The van der Waals surface area contributed by atoms with Crippen LogP contribution in [0, 0.1) is 6.92 Å². The number of carbonyl (C=O) groups is 1. The van der Waals surface area contributed by atoms with Gasteiger partial charge in [0.15, 0.2) is 0 Å². The number of aliphatic hydroxyl groups is 1. The van der Waals surface area contributed by atoms with Crippen molar-refractivity contribution in [3.05, 3.63) is 29.3 Å². The summed E-state index contributed by atoms with van der Waals surface area (Å²) in [5.41, 5.74) is 0.791. The standard InChI is InChI=1S/C20H30N2O3/c1-15-5-6-18(23)17(13-15)19(24)21-16-7-11-22(12-8-16)14-20(25)9-3-2-4-10-20/h5-6,13,16,23,25H,2-4,7-12,14H2,1H3,(H,21,24). The normalized spacial score (nSPS) is 21.8. The van der Waals surface area contributed by atoms with Gasteiger partial charge in [-0.3, -0.25) is 4.79 Å². The van der Waals surface area contributed by atoms with Crippen molar-refractivity contribution in [3.63, 3.8) is 0 Å². The first-order valence-corrected chi connectivity index (χ1v) is 9.50. The van der Waals surface area contributed by atoms with E-state index in [2.05, 4.69) is 10.2 Å². The van der Waals surface area contributed by atoms with Gasteiger partial charge in [0.25, 0.3) is 5.91 Å². The second-order valence-electron chi connectivity index (χ2n) is 7.83. The average molecular weight is 346 g/mol. The lowest BCUT2D eigenvalue weighted by atomic mass is 9.84. The maximum absolute atomic E-state index is 12.4. The monoisotopic (exact) mass is 346 g/mol. The van der Waals surface area contributed by atoms with Crippen LogP contribution < -0.4 is 5.32 Å². The minimum absolute atomic E-state index is 0.0278. The molecule has 0 radical (unpaired) electrons. The summed E-state index contributed by atoms with van der Waals surface area (Å²) in [6.07, 6.45) is 7.09. The summed E-state index contributed by atoms with van der Waals surface area (Å²) in [5, 5.41) is 23.6. The molecule has 1 amide bonds. The number of hydrogen-bond acceptors (Lipinski definition) is 4. The Kier molecular flexibility index (Phi) is 5.64. The minimum Gasteiger partial charge on any atom is -0.507 e. The average Bonchev–Trinajstić information content (AvgIpc) is 2.59. The van der Waals surface area contributed by atoms with E-state index in [1.807, 2.05) is 6.92 Å². The highest BCUT2D eigenvalue weighted by molar-refractivity contribution is 5.97. The van der Waals surface area contributed by atoms with Crippen LogP contribution in [0.5, 0.6) is 5.75 Å². The van der Waals surface area contributed by atoms with Gasteiger partial charge >= 0.3 is 0 Å². The fourth-order valence-electron chi connectivity index (χ4n) is 4.11. The van der Waals surface area contributed by atoms with Gasteiger partial charge in [-0.15, -0.1) is 0 Å². The van der Waals surface area contributed by atoms with Crippen molar-refractivity contribution in [1.82, 2.24) is 10.2 Å². The van der Waals surface area contributed by atoms with Crippen LogP contribution in [-0.4, -0.2) is 52.3 Å². The van der Waals surface area contributed by atoms with Crippen molar-refractivity contribution in [1.29, 1.82) is 0 Å². The molecule has 0 aromatic heterocycles. The zero-order valence-corrected chi connectivity index (χ0v) is 15.1. The van der Waals surface area contributed by atoms with E-state index in [9.17, 15) is 15.0 Å². The highest BCUT2D eigenvalue weighted by atomic mass is 16.3. The molecule has 5 heteroatoms. The number of aromatic hydroxyl groups is 1. The van der Waals surface area contributed by atoms with E-state index in [0.717, 1.165) is 63.7 Å². The summed E-state index contributed by atoms with van der Waals surface area (Å²) >= 11 is 0. The number of nitrogens with zero attached hydrogens (tertiary/aromatic N) is 1. The topological polar surface area (TPSA) is 72.8 Å². The maximum Gasteiger partial charge on any atom is 0.255 e. The second kappa shape index (κ2) is 7.75. The molecule has 138 valence electrons. The van der Waals surface area contributed by atoms with Gasteiger partial charge in [0.2, 0.25) is 0 Å². The molecule has 0 spiro atoms. The third kappa shape index (κ3) is 4.73. The van der Waals surface area contributed by atoms with Gasteiger partial charge in [-0.05, 0) is 44.7 Å². The molecule has 3 rings (SSSR count). The Balaban J connectivity index is 1.49. The number of rotatable bonds is 4. The van der Waals surface area contributed by atoms with Crippen molar-refractivity contribution in [2.45, 2.75) is 63.5 Å². The van der Waals surface area contributed by atoms with Crippen molar-refractivity contribution in [2.24, 2.45) is 0 Å². The number of carbonyl (C=O) groups excluding carboxylic acids is 1. The van der Waals surface area contributed by atoms with Gasteiger partial charge in [0.1, 0.15) is 5.75 Å². The molecular weight excluding hydrogens is 316 g/mol. The van der Waals surface area contributed by atoms with E-state index in [1.54, 1.807) is 18.2 Å². The number of amides is 1. The smallest absolute Gasteiger partial charge is 0.255 e. The molecule has 1 heterocycles. The number of nitrogens with one attached hydrogen (secondary N) is 1. The number of piperidine rings is 1. The van der Waals surface area contributed by atoms with E-state index in [-0.39, 0.29) is 17.7 Å². The highest BCUT2D eigenvalue weighted by Crippen LogP contribution is 2.29. The van der Waals surface area contributed by atoms with Crippen molar-refractivity contribution < 1.29 is 15.0 Å². The third-order valence-corrected chi connectivity index (χ3v) is 5.62. The van der Waals surface area contributed by atoms with Crippen molar-refractivity contribution >= 4 is 5.91 Å². The molecular formula is C20H30N2O3. The van der Waals surface area contributed by atoms with Crippen LogP contribution in [0.2, 0.25) is 0 Å². The first kappa shape index (κ1) is 18.2. The van der Waals surface area contributed by atoms with Crippen molar-refractivity contribution in [2.75, 3.05) is 19.6 Å². The minimum atomic E-state index is -0.512. The number of benzene rings is 1. The largest absolute Gasteiger partial charge is 0.507 e. The lowest BCUT2D eigenvalue weighted by molar-refractivity contribution is -0.0312. The number of β-amino-alcohol motifs (C(OH)–C–C–N with tert-alkyl or cyclic N) is 1. The van der Waals surface area contributed by atoms with Gasteiger partial charge in [-0.1, -0.05) is 30.9 Å². The molecule has 0 atom stereocenters. The van der Waals surface area contributed by atoms with Crippen LogP contribution >= 0.6 is 0 Å². The number of aryl methyl sites for hydroxylation is 1. The predicted molar refractivity (Wildman–Crippen MR) is 97.8 cm³/mol. The zero-order chi connectivity index (χ0) is 17.9. The lowest BCUT2D eigenvalue weighted by Crippen LogP contribution is -2.50. The number of likely N-dealkylation sites (tertiary alicyclic amines) is 1. The molecule has 1 aromatic rings. The Labute approximate surface area is 150 Å². The zero-order valence-electron chi connectivity index (χ0n) is 15.1. The van der Waals surface area contributed by atoms with Crippen LogP contribution in [0.25, 0.3) is 0 Å². The lowest BCUT2D eigenvalue weighted by Gasteiger charge is -2.40. The Morgan fingerprint density at radius 1 is 1.24 bits per heavy atom. The van der Waals surface area contributed by atoms with Crippen LogP contribution in [-0.2, 0) is 0 Å². The molecule has 1 saturated carbocycles. The molecule has 0 unspecified atom stereocenters. The molecule has 0 bridgehead atoms. The molecule has 1 saturated heterocycles. The molecule has 2 aliphatic rings. The van der Waals surface area contributed by atoms with Crippen LogP contribution in [0.4, 0.5) is 0 Å². The van der Waals surface area contributed by atoms with Gasteiger partial charge in [-0.25, -0.2) is 0 Å². The van der Waals surface area contributed by atoms with E-state index in [4.69, 9.17) is 0 Å². The van der Waals surface area contributed by atoms with Gasteiger partial charge in [0.05, 0.1) is 11.2 Å². The molecule has 1 aliphatic carbocycles. The molecule has 3 N–H and O–H groups in total. The van der Waals surface area contributed by atoms with E-state index in [0.29, 0.717) is 5.56 Å². The summed E-state index contributed by atoms with van der Waals surface area (Å²) in [5.74, 6) is -0.175. The first-order valence-electron chi connectivity index (χ1n) is 9.50. The molecule has 1 aliphatic heterocycles.